The van der Waals surface area contributed by atoms with Crippen LogP contribution in [-0.2, 0) is 7.05 Å². The van der Waals surface area contributed by atoms with Crippen LogP contribution in [0.4, 0.5) is 14.5 Å². The molecule has 126 valence electrons. The molecular weight excluding hydrogens is 328 g/mol. The van der Waals surface area contributed by atoms with E-state index in [1.165, 1.54) is 12.3 Å². The quantitative estimate of drug-likeness (QED) is 0.741. The average Bonchev–Trinajstić information content (AvgIpc) is 3.03. The number of nitrogens with one attached hydrogen (secondary N) is 1. The zero-order valence-electron chi connectivity index (χ0n) is 13.2. The lowest BCUT2D eigenvalue weighted by atomic mass is 10.1. The minimum absolute atomic E-state index is 0.00735. The van der Waals surface area contributed by atoms with Gasteiger partial charge in [-0.05, 0) is 42.5 Å². The van der Waals surface area contributed by atoms with Crippen molar-refractivity contribution >= 4 is 17.4 Å². The van der Waals surface area contributed by atoms with Gasteiger partial charge in [0, 0.05) is 36.3 Å². The number of aromatic nitrogens is 2. The molecule has 3 rings (SSSR count). The van der Waals surface area contributed by atoms with Gasteiger partial charge < -0.3 is 9.88 Å². The Kier molecular flexibility index (Phi) is 4.38. The van der Waals surface area contributed by atoms with Gasteiger partial charge in [0.05, 0.1) is 0 Å². The van der Waals surface area contributed by atoms with E-state index >= 15 is 0 Å². The highest BCUT2D eigenvalue weighted by Crippen LogP contribution is 2.15. The number of ketones is 1. The third kappa shape index (κ3) is 3.45. The third-order valence-corrected chi connectivity index (χ3v) is 3.61. The summed E-state index contributed by atoms with van der Waals surface area (Å²) in [6.07, 6.45) is 3.20. The zero-order valence-corrected chi connectivity index (χ0v) is 13.2. The summed E-state index contributed by atoms with van der Waals surface area (Å²) in [6.45, 7) is 0. The summed E-state index contributed by atoms with van der Waals surface area (Å²) in [5, 5.41) is 2.56. The van der Waals surface area contributed by atoms with E-state index in [1.807, 2.05) is 0 Å². The number of nitrogens with zero attached hydrogens (tertiary/aromatic N) is 2. The first-order valence-corrected chi connectivity index (χ1v) is 7.34. The molecule has 1 amide bonds. The molecule has 0 atom stereocenters. The van der Waals surface area contributed by atoms with Crippen molar-refractivity contribution in [2.24, 2.45) is 7.05 Å². The van der Waals surface area contributed by atoms with Crippen LogP contribution in [0.25, 0.3) is 0 Å². The topological polar surface area (TPSA) is 64.0 Å². The second-order valence-electron chi connectivity index (χ2n) is 5.35. The highest BCUT2D eigenvalue weighted by atomic mass is 19.2. The van der Waals surface area contributed by atoms with Crippen LogP contribution < -0.4 is 5.32 Å². The van der Waals surface area contributed by atoms with Gasteiger partial charge in [-0.3, -0.25) is 9.59 Å². The molecule has 0 spiro atoms. The fraction of sp³-hybridized carbons (Fsp3) is 0.0556. The summed E-state index contributed by atoms with van der Waals surface area (Å²) >= 11 is 0. The maximum Gasteiger partial charge on any atom is 0.255 e. The van der Waals surface area contributed by atoms with Crippen molar-refractivity contribution in [2.45, 2.75) is 0 Å². The number of hydrogen-bond acceptors (Lipinski definition) is 3. The van der Waals surface area contributed by atoms with Crippen molar-refractivity contribution in [2.75, 3.05) is 5.32 Å². The molecule has 0 unspecified atom stereocenters. The molecular formula is C18H13F2N3O2. The number of carbonyl (C=O) groups is 2. The first kappa shape index (κ1) is 16.5. The molecule has 5 nitrogen and oxygen atoms in total. The van der Waals surface area contributed by atoms with E-state index in [-0.39, 0.29) is 11.3 Å². The van der Waals surface area contributed by atoms with Gasteiger partial charge in [0.15, 0.2) is 17.5 Å². The summed E-state index contributed by atoms with van der Waals surface area (Å²) in [4.78, 5) is 28.3. The zero-order chi connectivity index (χ0) is 18.0. The molecule has 0 aliphatic rings. The van der Waals surface area contributed by atoms with E-state index in [1.54, 1.807) is 42.1 Å². The lowest BCUT2D eigenvalue weighted by molar-refractivity contribution is 0.101. The summed E-state index contributed by atoms with van der Waals surface area (Å²) in [6, 6.07) is 9.10. The second-order valence-corrected chi connectivity index (χ2v) is 5.35. The summed E-state index contributed by atoms with van der Waals surface area (Å²) < 4.78 is 27.7. The molecule has 0 saturated carbocycles. The van der Waals surface area contributed by atoms with Gasteiger partial charge in [0.1, 0.15) is 0 Å². The van der Waals surface area contributed by atoms with Crippen LogP contribution in [0, 0.1) is 11.6 Å². The fourth-order valence-electron chi connectivity index (χ4n) is 2.26. The first-order valence-electron chi connectivity index (χ1n) is 7.34. The number of imidazole rings is 1. The largest absolute Gasteiger partial charge is 0.331 e. The van der Waals surface area contributed by atoms with Crippen LogP contribution in [0.1, 0.15) is 26.5 Å². The third-order valence-electron chi connectivity index (χ3n) is 3.61. The Morgan fingerprint density at radius 1 is 1.00 bits per heavy atom. The Morgan fingerprint density at radius 3 is 2.28 bits per heavy atom. The molecule has 0 saturated heterocycles. The van der Waals surface area contributed by atoms with Crippen LogP contribution >= 0.6 is 0 Å². The molecule has 7 heteroatoms. The number of benzene rings is 2. The Morgan fingerprint density at radius 2 is 1.68 bits per heavy atom. The number of aryl methyl sites for hydroxylation is 1. The van der Waals surface area contributed by atoms with Crippen LogP contribution in [0.2, 0.25) is 0 Å². The van der Waals surface area contributed by atoms with Gasteiger partial charge in [-0.1, -0.05) is 0 Å². The molecule has 25 heavy (non-hydrogen) atoms. The first-order chi connectivity index (χ1) is 12.0. The summed E-state index contributed by atoms with van der Waals surface area (Å²) in [5.74, 6) is -2.64. The SMILES string of the molecule is Cn1ccnc1C(=O)c1ccc(NC(=O)c2ccc(F)c(F)c2)cc1. The monoisotopic (exact) mass is 341 g/mol. The average molecular weight is 341 g/mol. The van der Waals surface area contributed by atoms with Crippen molar-refractivity contribution in [3.8, 4) is 0 Å². The smallest absolute Gasteiger partial charge is 0.255 e. The van der Waals surface area contributed by atoms with Crippen molar-refractivity contribution < 1.29 is 18.4 Å². The van der Waals surface area contributed by atoms with E-state index in [0.29, 0.717) is 17.1 Å². The predicted octanol–water partition coefficient (Wildman–Crippen LogP) is 3.18. The van der Waals surface area contributed by atoms with Gasteiger partial charge in [-0.25, -0.2) is 13.8 Å². The van der Waals surface area contributed by atoms with E-state index < -0.39 is 17.5 Å². The number of hydrogen-bond donors (Lipinski definition) is 1. The molecule has 1 aromatic heterocycles. The van der Waals surface area contributed by atoms with Crippen molar-refractivity contribution in [1.82, 2.24) is 9.55 Å². The van der Waals surface area contributed by atoms with E-state index in [4.69, 9.17) is 0 Å². The Balaban J connectivity index is 1.74. The van der Waals surface area contributed by atoms with Gasteiger partial charge >= 0.3 is 0 Å². The number of halogens is 2. The van der Waals surface area contributed by atoms with E-state index in [9.17, 15) is 18.4 Å². The normalized spacial score (nSPS) is 10.5. The Labute approximate surface area is 141 Å². The maximum absolute atomic E-state index is 13.2. The lowest BCUT2D eigenvalue weighted by Crippen LogP contribution is -2.13. The molecule has 1 N–H and O–H groups in total. The van der Waals surface area contributed by atoms with Gasteiger partial charge in [0.25, 0.3) is 5.91 Å². The van der Waals surface area contributed by atoms with Crippen LogP contribution in [0.3, 0.4) is 0 Å². The van der Waals surface area contributed by atoms with Crippen LogP contribution in [-0.4, -0.2) is 21.2 Å². The summed E-state index contributed by atoms with van der Waals surface area (Å²) in [7, 11) is 1.72. The number of anilines is 1. The van der Waals surface area contributed by atoms with Gasteiger partial charge in [0.2, 0.25) is 5.78 Å². The highest BCUT2D eigenvalue weighted by molar-refractivity contribution is 6.07. The number of carbonyl (C=O) groups excluding carboxylic acids is 2. The standard InChI is InChI=1S/C18H13F2N3O2/c1-23-9-8-21-17(23)16(24)11-2-5-13(6-3-11)22-18(25)12-4-7-14(19)15(20)10-12/h2-10H,1H3,(H,22,25). The number of rotatable bonds is 4. The lowest BCUT2D eigenvalue weighted by Gasteiger charge is -2.07. The second kappa shape index (κ2) is 6.64. The molecule has 3 aromatic rings. The minimum Gasteiger partial charge on any atom is -0.331 e. The highest BCUT2D eigenvalue weighted by Gasteiger charge is 2.14. The van der Waals surface area contributed by atoms with E-state index in [2.05, 4.69) is 10.3 Å². The molecule has 0 radical (unpaired) electrons. The molecule has 2 aromatic carbocycles. The fourth-order valence-corrected chi connectivity index (χ4v) is 2.26. The maximum atomic E-state index is 13.2. The van der Waals surface area contributed by atoms with Gasteiger partial charge in [-0.2, -0.15) is 0 Å². The molecule has 0 bridgehead atoms. The van der Waals surface area contributed by atoms with Crippen LogP contribution in [0.5, 0.6) is 0 Å². The van der Waals surface area contributed by atoms with Crippen molar-refractivity contribution in [3.05, 3.63) is 83.4 Å². The number of amides is 1. The molecule has 0 fully saturated rings. The van der Waals surface area contributed by atoms with Crippen molar-refractivity contribution in [1.29, 1.82) is 0 Å². The molecule has 0 aliphatic heterocycles. The van der Waals surface area contributed by atoms with Gasteiger partial charge in [-0.15, -0.1) is 0 Å². The molecule has 0 aliphatic carbocycles. The van der Waals surface area contributed by atoms with E-state index in [0.717, 1.165) is 12.1 Å². The minimum atomic E-state index is -1.09. The predicted molar refractivity (Wildman–Crippen MR) is 87.4 cm³/mol. The Bertz CT molecular complexity index is 949. The Hall–Kier alpha value is -3.35. The van der Waals surface area contributed by atoms with Crippen molar-refractivity contribution in [3.63, 3.8) is 0 Å². The summed E-state index contributed by atoms with van der Waals surface area (Å²) in [5.41, 5.74) is 0.832. The van der Waals surface area contributed by atoms with Crippen LogP contribution in [0.15, 0.2) is 54.9 Å². The molecule has 1 heterocycles.